The van der Waals surface area contributed by atoms with E-state index >= 15 is 0 Å². The molecule has 0 saturated carbocycles. The fourth-order valence-corrected chi connectivity index (χ4v) is 3.10. The summed E-state index contributed by atoms with van der Waals surface area (Å²) < 4.78 is 0. The number of carbonyl (C=O) groups is 1. The predicted octanol–water partition coefficient (Wildman–Crippen LogP) is 3.17. The molecule has 0 aromatic heterocycles. The Labute approximate surface area is 138 Å². The first kappa shape index (κ1) is 15.8. The Morgan fingerprint density at radius 3 is 2.78 bits per heavy atom. The van der Waals surface area contributed by atoms with E-state index in [-0.39, 0.29) is 5.91 Å². The molecular formula is C20H24N2O. The topological polar surface area (TPSA) is 41.1 Å². The molecule has 2 aromatic rings. The molecular weight excluding hydrogens is 284 g/mol. The van der Waals surface area contributed by atoms with E-state index in [1.54, 1.807) is 0 Å². The van der Waals surface area contributed by atoms with Crippen LogP contribution < -0.4 is 10.6 Å². The maximum Gasteiger partial charge on any atom is 0.251 e. The number of amides is 1. The van der Waals surface area contributed by atoms with Crippen LogP contribution in [0, 0.1) is 6.92 Å². The standard InChI is InChI=1S/C20H24N2O/c1-14-6-8-16(9-7-14)15(2)12-22-20(23)19-5-3-4-17-13-21-11-10-18(17)19/h3-9,15,21H,10-13H2,1-2H3,(H,22,23). The molecule has 3 nitrogen and oxygen atoms in total. The molecule has 0 aliphatic carbocycles. The summed E-state index contributed by atoms with van der Waals surface area (Å²) in [5, 5.41) is 6.45. The van der Waals surface area contributed by atoms with Crippen molar-refractivity contribution in [3.05, 3.63) is 70.3 Å². The molecule has 2 aromatic carbocycles. The highest BCUT2D eigenvalue weighted by Gasteiger charge is 2.17. The van der Waals surface area contributed by atoms with Gasteiger partial charge in [0.2, 0.25) is 0 Å². The van der Waals surface area contributed by atoms with Gasteiger partial charge in [0.15, 0.2) is 0 Å². The van der Waals surface area contributed by atoms with E-state index in [4.69, 9.17) is 0 Å². The Morgan fingerprint density at radius 2 is 2.00 bits per heavy atom. The van der Waals surface area contributed by atoms with Crippen molar-refractivity contribution in [1.29, 1.82) is 0 Å². The van der Waals surface area contributed by atoms with Crippen molar-refractivity contribution in [3.8, 4) is 0 Å². The van der Waals surface area contributed by atoms with Gasteiger partial charge in [0, 0.05) is 18.7 Å². The summed E-state index contributed by atoms with van der Waals surface area (Å²) in [5.74, 6) is 0.350. The molecule has 0 radical (unpaired) electrons. The van der Waals surface area contributed by atoms with Crippen molar-refractivity contribution in [3.63, 3.8) is 0 Å². The molecule has 0 spiro atoms. The van der Waals surface area contributed by atoms with Crippen LogP contribution in [-0.2, 0) is 13.0 Å². The van der Waals surface area contributed by atoms with E-state index < -0.39 is 0 Å². The minimum atomic E-state index is 0.0442. The zero-order valence-electron chi connectivity index (χ0n) is 13.9. The number of fused-ring (bicyclic) bond motifs is 1. The predicted molar refractivity (Wildman–Crippen MR) is 93.8 cm³/mol. The van der Waals surface area contributed by atoms with Gasteiger partial charge in [-0.25, -0.2) is 0 Å². The number of nitrogens with one attached hydrogen (secondary N) is 2. The van der Waals surface area contributed by atoms with Crippen LogP contribution in [0.15, 0.2) is 42.5 Å². The van der Waals surface area contributed by atoms with Gasteiger partial charge < -0.3 is 10.6 Å². The quantitative estimate of drug-likeness (QED) is 0.911. The van der Waals surface area contributed by atoms with Crippen LogP contribution in [0.3, 0.4) is 0 Å². The lowest BCUT2D eigenvalue weighted by atomic mass is 9.94. The van der Waals surface area contributed by atoms with E-state index in [0.717, 1.165) is 25.1 Å². The molecule has 23 heavy (non-hydrogen) atoms. The number of hydrogen-bond donors (Lipinski definition) is 2. The average Bonchev–Trinajstić information content (AvgIpc) is 2.59. The summed E-state index contributed by atoms with van der Waals surface area (Å²) in [6.45, 7) is 6.69. The maximum atomic E-state index is 12.6. The number of hydrogen-bond acceptors (Lipinski definition) is 2. The summed E-state index contributed by atoms with van der Waals surface area (Å²) in [7, 11) is 0. The van der Waals surface area contributed by atoms with Crippen LogP contribution in [-0.4, -0.2) is 19.0 Å². The third kappa shape index (κ3) is 3.62. The Kier molecular flexibility index (Phi) is 4.77. The molecule has 0 saturated heterocycles. The van der Waals surface area contributed by atoms with Gasteiger partial charge in [-0.3, -0.25) is 4.79 Å². The summed E-state index contributed by atoms with van der Waals surface area (Å²) >= 11 is 0. The van der Waals surface area contributed by atoms with Gasteiger partial charge in [-0.05, 0) is 48.6 Å². The van der Waals surface area contributed by atoms with Gasteiger partial charge in [-0.15, -0.1) is 0 Å². The minimum absolute atomic E-state index is 0.0442. The molecule has 1 unspecified atom stereocenters. The molecule has 120 valence electrons. The van der Waals surface area contributed by atoms with Gasteiger partial charge in [0.25, 0.3) is 5.91 Å². The van der Waals surface area contributed by atoms with Crippen molar-refractivity contribution >= 4 is 5.91 Å². The molecule has 1 atom stereocenters. The Hall–Kier alpha value is -2.13. The molecule has 0 bridgehead atoms. The SMILES string of the molecule is Cc1ccc(C(C)CNC(=O)c2cccc3c2CCNC3)cc1. The summed E-state index contributed by atoms with van der Waals surface area (Å²) in [5.41, 5.74) is 5.80. The zero-order chi connectivity index (χ0) is 16.2. The Balaban J connectivity index is 1.67. The summed E-state index contributed by atoms with van der Waals surface area (Å²) in [6.07, 6.45) is 0.923. The van der Waals surface area contributed by atoms with Crippen LogP contribution in [0.1, 0.15) is 45.5 Å². The molecule has 1 aliphatic heterocycles. The first-order valence-electron chi connectivity index (χ1n) is 8.31. The van der Waals surface area contributed by atoms with E-state index in [1.165, 1.54) is 22.3 Å². The smallest absolute Gasteiger partial charge is 0.251 e. The van der Waals surface area contributed by atoms with Crippen molar-refractivity contribution in [2.45, 2.75) is 32.7 Å². The lowest BCUT2D eigenvalue weighted by Gasteiger charge is -2.20. The van der Waals surface area contributed by atoms with Gasteiger partial charge >= 0.3 is 0 Å². The second-order valence-electron chi connectivity index (χ2n) is 6.39. The molecule has 1 heterocycles. The maximum absolute atomic E-state index is 12.6. The fourth-order valence-electron chi connectivity index (χ4n) is 3.10. The van der Waals surface area contributed by atoms with E-state index in [1.807, 2.05) is 12.1 Å². The third-order valence-corrected chi connectivity index (χ3v) is 4.60. The van der Waals surface area contributed by atoms with Gasteiger partial charge in [0.1, 0.15) is 0 Å². The lowest BCUT2D eigenvalue weighted by molar-refractivity contribution is 0.0950. The Morgan fingerprint density at radius 1 is 1.22 bits per heavy atom. The second kappa shape index (κ2) is 6.97. The molecule has 0 fully saturated rings. The largest absolute Gasteiger partial charge is 0.351 e. The van der Waals surface area contributed by atoms with Gasteiger partial charge in [0.05, 0.1) is 0 Å². The zero-order valence-corrected chi connectivity index (χ0v) is 13.9. The third-order valence-electron chi connectivity index (χ3n) is 4.60. The Bertz CT molecular complexity index is 691. The molecule has 1 aliphatic rings. The van der Waals surface area contributed by atoms with Crippen LogP contribution in [0.2, 0.25) is 0 Å². The first-order chi connectivity index (χ1) is 11.1. The van der Waals surface area contributed by atoms with Crippen molar-refractivity contribution < 1.29 is 4.79 Å². The first-order valence-corrected chi connectivity index (χ1v) is 8.31. The van der Waals surface area contributed by atoms with E-state index in [0.29, 0.717) is 12.5 Å². The summed E-state index contributed by atoms with van der Waals surface area (Å²) in [6, 6.07) is 14.5. The number of rotatable bonds is 4. The number of carbonyl (C=O) groups excluding carboxylic acids is 1. The van der Waals surface area contributed by atoms with E-state index in [9.17, 15) is 4.79 Å². The molecule has 1 amide bonds. The number of benzene rings is 2. The van der Waals surface area contributed by atoms with Crippen LogP contribution in [0.5, 0.6) is 0 Å². The molecule has 2 N–H and O–H groups in total. The average molecular weight is 308 g/mol. The van der Waals surface area contributed by atoms with Crippen LogP contribution >= 0.6 is 0 Å². The number of aryl methyl sites for hydroxylation is 1. The van der Waals surface area contributed by atoms with Crippen LogP contribution in [0.4, 0.5) is 0 Å². The molecule has 3 rings (SSSR count). The van der Waals surface area contributed by atoms with Crippen molar-refractivity contribution in [2.24, 2.45) is 0 Å². The van der Waals surface area contributed by atoms with Gasteiger partial charge in [-0.2, -0.15) is 0 Å². The highest BCUT2D eigenvalue weighted by molar-refractivity contribution is 5.96. The normalized spacial score (nSPS) is 14.9. The van der Waals surface area contributed by atoms with Gasteiger partial charge in [-0.1, -0.05) is 48.9 Å². The monoisotopic (exact) mass is 308 g/mol. The van der Waals surface area contributed by atoms with Crippen molar-refractivity contribution in [1.82, 2.24) is 10.6 Å². The van der Waals surface area contributed by atoms with Crippen molar-refractivity contribution in [2.75, 3.05) is 13.1 Å². The fraction of sp³-hybridized carbons (Fsp3) is 0.350. The minimum Gasteiger partial charge on any atom is -0.351 e. The highest BCUT2D eigenvalue weighted by atomic mass is 16.1. The van der Waals surface area contributed by atoms with E-state index in [2.05, 4.69) is 54.8 Å². The second-order valence-corrected chi connectivity index (χ2v) is 6.39. The lowest BCUT2D eigenvalue weighted by Crippen LogP contribution is -2.31. The molecule has 3 heteroatoms. The van der Waals surface area contributed by atoms with Crippen LogP contribution in [0.25, 0.3) is 0 Å². The summed E-state index contributed by atoms with van der Waals surface area (Å²) in [4.78, 5) is 12.6. The highest BCUT2D eigenvalue weighted by Crippen LogP contribution is 2.19.